The lowest BCUT2D eigenvalue weighted by molar-refractivity contribution is -0.147. The van der Waals surface area contributed by atoms with Gasteiger partial charge in [0.1, 0.15) is 16.7 Å². The van der Waals surface area contributed by atoms with Gasteiger partial charge < -0.3 is 14.6 Å². The average molecular weight is 327 g/mol. The van der Waals surface area contributed by atoms with E-state index in [2.05, 4.69) is 0 Å². The molecule has 22 heavy (non-hydrogen) atoms. The van der Waals surface area contributed by atoms with Crippen LogP contribution in [-0.4, -0.2) is 35.4 Å². The Hall–Kier alpha value is -1.60. The van der Waals surface area contributed by atoms with Gasteiger partial charge in [0, 0.05) is 10.4 Å². The lowest BCUT2D eigenvalue weighted by atomic mass is 10.1. The number of carbonyl (C=O) groups is 2. The number of carbonyl (C=O) groups excluding carboxylic acids is 2. The molecule has 1 aromatic heterocycles. The number of esters is 1. The monoisotopic (exact) mass is 327 g/mol. The summed E-state index contributed by atoms with van der Waals surface area (Å²) in [4.78, 5) is 26.8. The molecule has 0 radical (unpaired) electrons. The summed E-state index contributed by atoms with van der Waals surface area (Å²) in [5.74, 6) is -0.637. The van der Waals surface area contributed by atoms with Crippen molar-refractivity contribution in [2.45, 2.75) is 52.4 Å². The standard InChI is InChI=1S/C15H21NO5S/c1-6-20-13(18)10-11(17)9-7-8(2)22-12(9)16(10)14(19)21-15(3,4)5/h7,10-11,17H,6H2,1-5H3. The van der Waals surface area contributed by atoms with Crippen molar-refractivity contribution in [2.75, 3.05) is 11.5 Å². The zero-order chi connectivity index (χ0) is 16.7. The molecule has 0 fully saturated rings. The van der Waals surface area contributed by atoms with Gasteiger partial charge in [-0.3, -0.25) is 4.90 Å². The fraction of sp³-hybridized carbons (Fsp3) is 0.600. The molecule has 2 unspecified atom stereocenters. The fourth-order valence-corrected chi connectivity index (χ4v) is 3.40. The van der Waals surface area contributed by atoms with E-state index in [0.717, 1.165) is 4.88 Å². The number of hydrogen-bond acceptors (Lipinski definition) is 6. The molecule has 0 saturated heterocycles. The first-order chi connectivity index (χ1) is 10.2. The third-order valence-electron chi connectivity index (χ3n) is 3.10. The van der Waals surface area contributed by atoms with Crippen LogP contribution in [0.3, 0.4) is 0 Å². The second-order valence-corrected chi connectivity index (χ2v) is 7.34. The van der Waals surface area contributed by atoms with Gasteiger partial charge in [-0.2, -0.15) is 0 Å². The maximum Gasteiger partial charge on any atom is 0.416 e. The maximum atomic E-state index is 12.5. The van der Waals surface area contributed by atoms with Gasteiger partial charge in [-0.25, -0.2) is 9.59 Å². The summed E-state index contributed by atoms with van der Waals surface area (Å²) in [6.45, 7) is 8.97. The summed E-state index contributed by atoms with van der Waals surface area (Å²) in [6.07, 6.45) is -1.77. The summed E-state index contributed by atoms with van der Waals surface area (Å²) in [7, 11) is 0. The van der Waals surface area contributed by atoms with Crippen molar-refractivity contribution in [1.82, 2.24) is 0 Å². The van der Waals surface area contributed by atoms with Crippen LogP contribution in [0.5, 0.6) is 0 Å². The van der Waals surface area contributed by atoms with E-state index >= 15 is 0 Å². The summed E-state index contributed by atoms with van der Waals surface area (Å²) in [5, 5.41) is 11.0. The second-order valence-electron chi connectivity index (χ2n) is 6.11. The maximum absolute atomic E-state index is 12.5. The molecule has 2 rings (SSSR count). The van der Waals surface area contributed by atoms with Crippen LogP contribution >= 0.6 is 11.3 Å². The Labute approximate surface area is 133 Å². The van der Waals surface area contributed by atoms with Crippen molar-refractivity contribution in [2.24, 2.45) is 0 Å². The van der Waals surface area contributed by atoms with Crippen molar-refractivity contribution in [1.29, 1.82) is 0 Å². The van der Waals surface area contributed by atoms with Crippen molar-refractivity contribution in [3.8, 4) is 0 Å². The van der Waals surface area contributed by atoms with Gasteiger partial charge in [-0.15, -0.1) is 11.3 Å². The third-order valence-corrected chi connectivity index (χ3v) is 4.16. The van der Waals surface area contributed by atoms with Gasteiger partial charge in [-0.1, -0.05) is 0 Å². The molecule has 7 heteroatoms. The van der Waals surface area contributed by atoms with Crippen molar-refractivity contribution in [3.63, 3.8) is 0 Å². The number of ether oxygens (including phenoxy) is 2. The first kappa shape index (κ1) is 16.8. The second kappa shape index (κ2) is 5.89. The van der Waals surface area contributed by atoms with Crippen LogP contribution in [0.25, 0.3) is 0 Å². The van der Waals surface area contributed by atoms with Crippen LogP contribution in [0.15, 0.2) is 6.07 Å². The SMILES string of the molecule is CCOC(=O)C1C(O)c2cc(C)sc2N1C(=O)OC(C)(C)C. The molecule has 0 aromatic carbocycles. The highest BCUT2D eigenvalue weighted by Gasteiger charge is 2.48. The van der Waals surface area contributed by atoms with Crippen LogP contribution in [0.1, 0.15) is 44.2 Å². The number of fused-ring (bicyclic) bond motifs is 1. The van der Waals surface area contributed by atoms with Crippen molar-refractivity contribution in [3.05, 3.63) is 16.5 Å². The van der Waals surface area contributed by atoms with Crippen LogP contribution in [0.4, 0.5) is 9.80 Å². The van der Waals surface area contributed by atoms with Crippen molar-refractivity contribution < 1.29 is 24.2 Å². The molecule has 1 N–H and O–H groups in total. The summed E-state index contributed by atoms with van der Waals surface area (Å²) in [6, 6.07) is 0.679. The van der Waals surface area contributed by atoms with E-state index in [1.165, 1.54) is 16.2 Å². The Morgan fingerprint density at radius 3 is 2.59 bits per heavy atom. The summed E-state index contributed by atoms with van der Waals surface area (Å²) in [5.41, 5.74) is -0.137. The number of amides is 1. The van der Waals surface area contributed by atoms with Gasteiger partial charge in [-0.05, 0) is 40.7 Å². The van der Waals surface area contributed by atoms with Crippen LogP contribution < -0.4 is 4.90 Å². The molecule has 0 aliphatic carbocycles. The van der Waals surface area contributed by atoms with E-state index in [1.807, 2.05) is 6.92 Å². The number of anilines is 1. The average Bonchev–Trinajstić information content (AvgIpc) is 2.84. The molecule has 0 bridgehead atoms. The van der Waals surface area contributed by atoms with E-state index in [-0.39, 0.29) is 6.61 Å². The van der Waals surface area contributed by atoms with Gasteiger partial charge in [0.2, 0.25) is 0 Å². The van der Waals surface area contributed by atoms with E-state index < -0.39 is 29.8 Å². The zero-order valence-electron chi connectivity index (χ0n) is 13.4. The molecule has 2 heterocycles. The Balaban J connectivity index is 2.39. The van der Waals surface area contributed by atoms with Crippen LogP contribution in [0, 0.1) is 6.92 Å². The van der Waals surface area contributed by atoms with Crippen molar-refractivity contribution >= 4 is 28.4 Å². The molecule has 1 aromatic rings. The molecular formula is C15H21NO5S. The molecule has 1 aliphatic heterocycles. The highest BCUT2D eigenvalue weighted by atomic mass is 32.1. The zero-order valence-corrected chi connectivity index (χ0v) is 14.2. The molecule has 6 nitrogen and oxygen atoms in total. The number of rotatable bonds is 2. The smallest absolute Gasteiger partial charge is 0.416 e. The molecule has 1 aliphatic rings. The lowest BCUT2D eigenvalue weighted by Crippen LogP contribution is -2.47. The number of aryl methyl sites for hydroxylation is 1. The number of aliphatic hydroxyl groups excluding tert-OH is 1. The largest absolute Gasteiger partial charge is 0.464 e. The Morgan fingerprint density at radius 2 is 2.05 bits per heavy atom. The number of aliphatic hydroxyl groups is 1. The molecule has 0 spiro atoms. The summed E-state index contributed by atoms with van der Waals surface area (Å²) >= 11 is 1.34. The molecule has 2 atom stereocenters. The first-order valence-corrected chi connectivity index (χ1v) is 7.94. The highest BCUT2D eigenvalue weighted by molar-refractivity contribution is 7.16. The van der Waals surface area contributed by atoms with E-state index in [4.69, 9.17) is 9.47 Å². The quantitative estimate of drug-likeness (QED) is 0.845. The first-order valence-electron chi connectivity index (χ1n) is 7.13. The Morgan fingerprint density at radius 1 is 1.41 bits per heavy atom. The molecule has 122 valence electrons. The highest BCUT2D eigenvalue weighted by Crippen LogP contribution is 2.46. The normalized spacial score (nSPS) is 20.7. The molecular weight excluding hydrogens is 306 g/mol. The lowest BCUT2D eigenvalue weighted by Gasteiger charge is -2.28. The Bertz CT molecular complexity index is 589. The van der Waals surface area contributed by atoms with E-state index in [9.17, 15) is 14.7 Å². The number of hydrogen-bond donors (Lipinski definition) is 1. The topological polar surface area (TPSA) is 76.1 Å². The minimum absolute atomic E-state index is 0.177. The number of nitrogens with zero attached hydrogens (tertiary/aromatic N) is 1. The van der Waals surface area contributed by atoms with Gasteiger partial charge in [0.05, 0.1) is 6.61 Å². The molecule has 1 amide bonds. The van der Waals surface area contributed by atoms with Gasteiger partial charge in [0.15, 0.2) is 6.04 Å². The van der Waals surface area contributed by atoms with Gasteiger partial charge in [0.25, 0.3) is 0 Å². The number of thiophene rings is 1. The predicted molar refractivity (Wildman–Crippen MR) is 83.1 cm³/mol. The third kappa shape index (κ3) is 3.10. The van der Waals surface area contributed by atoms with Crippen LogP contribution in [0.2, 0.25) is 0 Å². The van der Waals surface area contributed by atoms with Gasteiger partial charge >= 0.3 is 12.1 Å². The van der Waals surface area contributed by atoms with Crippen LogP contribution in [-0.2, 0) is 14.3 Å². The fourth-order valence-electron chi connectivity index (χ4n) is 2.33. The van der Waals surface area contributed by atoms with E-state index in [1.54, 1.807) is 33.8 Å². The predicted octanol–water partition coefficient (Wildman–Crippen LogP) is 2.78. The minimum atomic E-state index is -1.11. The summed E-state index contributed by atoms with van der Waals surface area (Å²) < 4.78 is 10.4. The van der Waals surface area contributed by atoms with E-state index in [0.29, 0.717) is 10.6 Å². The Kier molecular flexibility index (Phi) is 4.49. The minimum Gasteiger partial charge on any atom is -0.464 e. The molecule has 0 saturated carbocycles.